The third-order valence-corrected chi connectivity index (χ3v) is 3.87. The summed E-state index contributed by atoms with van der Waals surface area (Å²) < 4.78 is 5.81. The molecule has 0 amide bonds. The Kier molecular flexibility index (Phi) is 3.35. The van der Waals surface area contributed by atoms with Crippen molar-refractivity contribution >= 4 is 11.0 Å². The zero-order valence-electron chi connectivity index (χ0n) is 12.6. The molecule has 0 spiro atoms. The highest BCUT2D eigenvalue weighted by atomic mass is 16.3. The van der Waals surface area contributed by atoms with Crippen LogP contribution in [0.1, 0.15) is 0 Å². The average molecular weight is 315 g/mol. The number of benzene rings is 2. The van der Waals surface area contributed by atoms with Crippen molar-refractivity contribution in [2.24, 2.45) is 0 Å². The van der Waals surface area contributed by atoms with Crippen LogP contribution in [0.15, 0.2) is 82.3 Å². The van der Waals surface area contributed by atoms with Crippen LogP contribution in [0, 0.1) is 0 Å². The monoisotopic (exact) mass is 315 g/mol. The Morgan fingerprint density at radius 1 is 0.875 bits per heavy atom. The van der Waals surface area contributed by atoms with Crippen LogP contribution in [-0.4, -0.2) is 10.1 Å². The number of fused-ring (bicyclic) bond motifs is 1. The van der Waals surface area contributed by atoms with Gasteiger partial charge in [-0.05, 0) is 35.4 Å². The van der Waals surface area contributed by atoms with Gasteiger partial charge in [0.1, 0.15) is 17.1 Å². The van der Waals surface area contributed by atoms with E-state index in [0.717, 1.165) is 16.7 Å². The number of pyridine rings is 1. The largest absolute Gasteiger partial charge is 0.508 e. The lowest BCUT2D eigenvalue weighted by Crippen LogP contribution is -2.00. The van der Waals surface area contributed by atoms with Crippen LogP contribution in [0.5, 0.6) is 5.75 Å². The lowest BCUT2D eigenvalue weighted by atomic mass is 10.0. The van der Waals surface area contributed by atoms with Gasteiger partial charge < -0.3 is 9.52 Å². The van der Waals surface area contributed by atoms with Crippen molar-refractivity contribution in [3.63, 3.8) is 0 Å². The van der Waals surface area contributed by atoms with Crippen molar-refractivity contribution in [3.05, 3.63) is 83.3 Å². The second-order valence-electron chi connectivity index (χ2n) is 5.47. The number of phenolic OH excluding ortho intramolecular Hbond substituents is 1. The predicted octanol–water partition coefficient (Wildman–Crippen LogP) is 4.23. The van der Waals surface area contributed by atoms with E-state index in [1.165, 1.54) is 18.2 Å². The highest BCUT2D eigenvalue weighted by molar-refractivity contribution is 5.80. The standard InChI is InChI=1S/C20H13NO3/c22-16-7-8-19-17(10-16)18(23)11-20(24-19)14-5-3-13(4-6-14)15-2-1-9-21-12-15/h1-12,22H. The third kappa shape index (κ3) is 2.54. The van der Waals surface area contributed by atoms with Crippen LogP contribution >= 0.6 is 0 Å². The van der Waals surface area contributed by atoms with E-state index in [4.69, 9.17) is 4.42 Å². The molecule has 116 valence electrons. The van der Waals surface area contributed by atoms with Gasteiger partial charge in [-0.2, -0.15) is 0 Å². The number of hydrogen-bond acceptors (Lipinski definition) is 4. The normalized spacial score (nSPS) is 10.8. The summed E-state index contributed by atoms with van der Waals surface area (Å²) in [6.07, 6.45) is 3.54. The average Bonchev–Trinajstić information content (AvgIpc) is 2.63. The fourth-order valence-corrected chi connectivity index (χ4v) is 2.65. The first-order valence-corrected chi connectivity index (χ1v) is 7.48. The fraction of sp³-hybridized carbons (Fsp3) is 0. The molecule has 1 N–H and O–H groups in total. The Morgan fingerprint density at radius 3 is 2.42 bits per heavy atom. The lowest BCUT2D eigenvalue weighted by Gasteiger charge is -2.05. The maximum absolute atomic E-state index is 12.2. The minimum absolute atomic E-state index is 0.0448. The third-order valence-electron chi connectivity index (χ3n) is 3.87. The second kappa shape index (κ2) is 5.66. The molecule has 4 aromatic rings. The summed E-state index contributed by atoms with van der Waals surface area (Å²) in [6, 6.07) is 17.6. The maximum Gasteiger partial charge on any atom is 0.193 e. The van der Waals surface area contributed by atoms with E-state index in [9.17, 15) is 9.90 Å². The Bertz CT molecular complexity index is 1070. The van der Waals surface area contributed by atoms with Gasteiger partial charge in [0.15, 0.2) is 5.43 Å². The Hall–Kier alpha value is -3.40. The molecule has 0 unspecified atom stereocenters. The number of phenols is 1. The second-order valence-corrected chi connectivity index (χ2v) is 5.47. The summed E-state index contributed by atoms with van der Waals surface area (Å²) in [5.41, 5.74) is 3.15. The minimum Gasteiger partial charge on any atom is -0.508 e. The molecule has 0 radical (unpaired) electrons. The highest BCUT2D eigenvalue weighted by Crippen LogP contribution is 2.26. The molecular weight excluding hydrogens is 302 g/mol. The summed E-state index contributed by atoms with van der Waals surface area (Å²) >= 11 is 0. The van der Waals surface area contributed by atoms with Gasteiger partial charge in [-0.1, -0.05) is 30.3 Å². The number of aromatic nitrogens is 1. The van der Waals surface area contributed by atoms with E-state index >= 15 is 0 Å². The summed E-state index contributed by atoms with van der Waals surface area (Å²) in [5, 5.41) is 9.86. The van der Waals surface area contributed by atoms with E-state index in [-0.39, 0.29) is 11.2 Å². The van der Waals surface area contributed by atoms with Gasteiger partial charge in [-0.3, -0.25) is 9.78 Å². The molecule has 0 bridgehead atoms. The summed E-state index contributed by atoms with van der Waals surface area (Å²) in [4.78, 5) is 16.3. The Balaban J connectivity index is 1.78. The fourth-order valence-electron chi connectivity index (χ4n) is 2.65. The number of aromatic hydroxyl groups is 1. The molecule has 4 nitrogen and oxygen atoms in total. The quantitative estimate of drug-likeness (QED) is 0.601. The molecule has 0 aliphatic carbocycles. The molecule has 0 saturated heterocycles. The molecule has 0 saturated carbocycles. The molecule has 2 aromatic heterocycles. The summed E-state index contributed by atoms with van der Waals surface area (Å²) in [7, 11) is 0. The predicted molar refractivity (Wildman–Crippen MR) is 92.8 cm³/mol. The van der Waals surface area contributed by atoms with E-state index in [1.807, 2.05) is 36.4 Å². The van der Waals surface area contributed by atoms with Crippen molar-refractivity contribution in [2.45, 2.75) is 0 Å². The minimum atomic E-state index is -0.182. The van der Waals surface area contributed by atoms with Gasteiger partial charge in [0.05, 0.1) is 5.39 Å². The van der Waals surface area contributed by atoms with E-state index in [1.54, 1.807) is 18.5 Å². The smallest absolute Gasteiger partial charge is 0.193 e. The number of hydrogen-bond donors (Lipinski definition) is 1. The van der Waals surface area contributed by atoms with Crippen LogP contribution < -0.4 is 5.43 Å². The Morgan fingerprint density at radius 2 is 1.67 bits per heavy atom. The van der Waals surface area contributed by atoms with Crippen LogP contribution in [0.2, 0.25) is 0 Å². The molecular formula is C20H13NO3. The summed E-state index contributed by atoms with van der Waals surface area (Å²) in [6.45, 7) is 0. The summed E-state index contributed by atoms with van der Waals surface area (Å²) in [5.74, 6) is 0.541. The van der Waals surface area contributed by atoms with Crippen molar-refractivity contribution in [2.75, 3.05) is 0 Å². The maximum atomic E-state index is 12.2. The van der Waals surface area contributed by atoms with E-state index in [2.05, 4.69) is 4.98 Å². The van der Waals surface area contributed by atoms with Gasteiger partial charge in [-0.15, -0.1) is 0 Å². The van der Waals surface area contributed by atoms with Crippen LogP contribution in [-0.2, 0) is 0 Å². The van der Waals surface area contributed by atoms with Gasteiger partial charge in [0.25, 0.3) is 0 Å². The van der Waals surface area contributed by atoms with E-state index in [0.29, 0.717) is 16.7 Å². The molecule has 2 aromatic carbocycles. The zero-order valence-corrected chi connectivity index (χ0v) is 12.6. The molecule has 4 rings (SSSR count). The molecule has 0 aliphatic rings. The molecule has 0 atom stereocenters. The van der Waals surface area contributed by atoms with Crippen molar-refractivity contribution in [3.8, 4) is 28.2 Å². The first-order valence-electron chi connectivity index (χ1n) is 7.48. The topological polar surface area (TPSA) is 63.3 Å². The SMILES string of the molecule is O=c1cc(-c2ccc(-c3cccnc3)cc2)oc2ccc(O)cc12. The number of nitrogens with zero attached hydrogens (tertiary/aromatic N) is 1. The van der Waals surface area contributed by atoms with Crippen molar-refractivity contribution < 1.29 is 9.52 Å². The first-order chi connectivity index (χ1) is 11.7. The van der Waals surface area contributed by atoms with Gasteiger partial charge in [-0.25, -0.2) is 0 Å². The number of rotatable bonds is 2. The van der Waals surface area contributed by atoms with Crippen molar-refractivity contribution in [1.82, 2.24) is 4.98 Å². The highest BCUT2D eigenvalue weighted by Gasteiger charge is 2.08. The van der Waals surface area contributed by atoms with Crippen LogP contribution in [0.3, 0.4) is 0 Å². The van der Waals surface area contributed by atoms with Gasteiger partial charge in [0.2, 0.25) is 0 Å². The molecule has 0 aliphatic heterocycles. The lowest BCUT2D eigenvalue weighted by molar-refractivity contribution is 0.475. The van der Waals surface area contributed by atoms with Gasteiger partial charge in [0, 0.05) is 24.0 Å². The van der Waals surface area contributed by atoms with E-state index < -0.39 is 0 Å². The first kappa shape index (κ1) is 14.2. The van der Waals surface area contributed by atoms with Gasteiger partial charge >= 0.3 is 0 Å². The van der Waals surface area contributed by atoms with Crippen molar-refractivity contribution in [1.29, 1.82) is 0 Å². The molecule has 24 heavy (non-hydrogen) atoms. The molecule has 4 heteroatoms. The molecule has 0 fully saturated rings. The van der Waals surface area contributed by atoms with Crippen LogP contribution in [0.25, 0.3) is 33.4 Å². The van der Waals surface area contributed by atoms with Crippen LogP contribution in [0.4, 0.5) is 0 Å². The zero-order chi connectivity index (χ0) is 16.5. The Labute approximate surface area is 137 Å². The molecule has 2 heterocycles.